The Labute approximate surface area is 127 Å². The van der Waals surface area contributed by atoms with Crippen molar-refractivity contribution in [2.45, 2.75) is 18.4 Å². The van der Waals surface area contributed by atoms with Gasteiger partial charge in [-0.05, 0) is 35.9 Å². The monoisotopic (exact) mass is 318 g/mol. The summed E-state index contributed by atoms with van der Waals surface area (Å²) in [6.45, 7) is 2.16. The summed E-state index contributed by atoms with van der Waals surface area (Å²) in [4.78, 5) is 0.596. The molecule has 2 N–H and O–H groups in total. The summed E-state index contributed by atoms with van der Waals surface area (Å²) in [7, 11) is -3.68. The van der Waals surface area contributed by atoms with Gasteiger partial charge < -0.3 is 5.21 Å². The summed E-state index contributed by atoms with van der Waals surface area (Å²) in [6, 6.07) is 11.8. The molecule has 3 rings (SSSR count). The molecule has 0 unspecified atom stereocenters. The predicted molar refractivity (Wildman–Crippen MR) is 79.9 cm³/mol. The fraction of sp³-hybridized carbons (Fsp3) is 0.143. The fourth-order valence-corrected chi connectivity index (χ4v) is 3.06. The molecule has 0 aliphatic carbocycles. The van der Waals surface area contributed by atoms with Crippen molar-refractivity contribution in [2.75, 3.05) is 0 Å². The molecule has 0 aliphatic heterocycles. The molecule has 0 aliphatic rings. The first-order valence-corrected chi connectivity index (χ1v) is 8.04. The summed E-state index contributed by atoms with van der Waals surface area (Å²) < 4.78 is 27.1. The van der Waals surface area contributed by atoms with Crippen molar-refractivity contribution in [2.24, 2.45) is 0 Å². The minimum absolute atomic E-state index is 0.0460. The van der Waals surface area contributed by atoms with Gasteiger partial charge in [0.25, 0.3) is 0 Å². The molecule has 22 heavy (non-hydrogen) atoms. The van der Waals surface area contributed by atoms with Gasteiger partial charge in [-0.25, -0.2) is 13.1 Å². The molecule has 114 valence electrons. The van der Waals surface area contributed by atoms with E-state index in [0.29, 0.717) is 10.4 Å². The normalized spacial score (nSPS) is 11.9. The van der Waals surface area contributed by atoms with E-state index in [9.17, 15) is 13.6 Å². The first kappa shape index (κ1) is 14.5. The standard InChI is InChI=1S/C14H14N4O3S/c1-10-2-4-11(5-3-10)9-15-22(20,21)12-6-7-13-14(8-12)18(19)17-16-13/h2-8,15,19H,9H2,1H3. The van der Waals surface area contributed by atoms with Crippen molar-refractivity contribution in [1.29, 1.82) is 0 Å². The van der Waals surface area contributed by atoms with Crippen LogP contribution >= 0.6 is 0 Å². The molecule has 0 bridgehead atoms. The van der Waals surface area contributed by atoms with Gasteiger partial charge in [-0.2, -0.15) is 0 Å². The first-order valence-electron chi connectivity index (χ1n) is 6.56. The highest BCUT2D eigenvalue weighted by Gasteiger charge is 2.16. The van der Waals surface area contributed by atoms with E-state index in [-0.39, 0.29) is 17.0 Å². The van der Waals surface area contributed by atoms with Crippen LogP contribution in [0.2, 0.25) is 0 Å². The van der Waals surface area contributed by atoms with E-state index in [0.717, 1.165) is 11.1 Å². The van der Waals surface area contributed by atoms with Crippen molar-refractivity contribution in [1.82, 2.24) is 19.9 Å². The Morgan fingerprint density at radius 1 is 1.18 bits per heavy atom. The topological polar surface area (TPSA) is 97.1 Å². The number of aromatic nitrogens is 3. The van der Waals surface area contributed by atoms with E-state index < -0.39 is 10.0 Å². The molecule has 0 spiro atoms. The second-order valence-corrected chi connectivity index (χ2v) is 6.71. The first-order chi connectivity index (χ1) is 10.5. The molecule has 1 heterocycles. The summed E-state index contributed by atoms with van der Waals surface area (Å²) >= 11 is 0. The van der Waals surface area contributed by atoms with E-state index in [2.05, 4.69) is 15.0 Å². The molecule has 0 saturated carbocycles. The molecular weight excluding hydrogens is 304 g/mol. The summed E-state index contributed by atoms with van der Waals surface area (Å²) in [6.07, 6.45) is 0. The smallest absolute Gasteiger partial charge is 0.240 e. The zero-order chi connectivity index (χ0) is 15.7. The highest BCUT2D eigenvalue weighted by atomic mass is 32.2. The van der Waals surface area contributed by atoms with Gasteiger partial charge in [0.2, 0.25) is 10.0 Å². The highest BCUT2D eigenvalue weighted by Crippen LogP contribution is 2.17. The summed E-state index contributed by atoms with van der Waals surface area (Å²) in [5.41, 5.74) is 2.63. The molecule has 2 aromatic carbocycles. The minimum Gasteiger partial charge on any atom is -0.410 e. The molecule has 1 aromatic heterocycles. The molecule has 3 aromatic rings. The van der Waals surface area contributed by atoms with Gasteiger partial charge in [0, 0.05) is 6.54 Å². The zero-order valence-electron chi connectivity index (χ0n) is 11.8. The molecular formula is C14H14N4O3S. The molecule has 8 heteroatoms. The van der Waals surface area contributed by atoms with E-state index in [1.54, 1.807) is 0 Å². The number of fused-ring (bicyclic) bond motifs is 1. The number of rotatable bonds is 4. The molecule has 0 amide bonds. The van der Waals surface area contributed by atoms with Crippen LogP contribution in [0.25, 0.3) is 11.0 Å². The van der Waals surface area contributed by atoms with Gasteiger partial charge in [0.1, 0.15) is 11.0 Å². The summed E-state index contributed by atoms with van der Waals surface area (Å²) in [5, 5.41) is 16.6. The van der Waals surface area contributed by atoms with Crippen LogP contribution < -0.4 is 4.72 Å². The van der Waals surface area contributed by atoms with Crippen LogP contribution in [0.4, 0.5) is 0 Å². The Morgan fingerprint density at radius 3 is 2.64 bits per heavy atom. The minimum atomic E-state index is -3.68. The van der Waals surface area contributed by atoms with Crippen LogP contribution in [0.3, 0.4) is 0 Å². The second kappa shape index (κ2) is 5.39. The lowest BCUT2D eigenvalue weighted by Crippen LogP contribution is -2.23. The van der Waals surface area contributed by atoms with Crippen molar-refractivity contribution < 1.29 is 13.6 Å². The third-order valence-corrected chi connectivity index (χ3v) is 4.70. The molecule has 0 radical (unpaired) electrons. The molecule has 0 fully saturated rings. The quantitative estimate of drug-likeness (QED) is 0.710. The highest BCUT2D eigenvalue weighted by molar-refractivity contribution is 7.89. The number of hydrogen-bond donors (Lipinski definition) is 2. The average Bonchev–Trinajstić information content (AvgIpc) is 2.88. The number of nitrogens with zero attached hydrogens (tertiary/aromatic N) is 3. The molecule has 0 saturated heterocycles. The third kappa shape index (κ3) is 2.78. The van der Waals surface area contributed by atoms with Crippen molar-refractivity contribution in [3.63, 3.8) is 0 Å². The van der Waals surface area contributed by atoms with E-state index in [1.807, 2.05) is 31.2 Å². The number of sulfonamides is 1. The lowest BCUT2D eigenvalue weighted by atomic mass is 10.2. The van der Waals surface area contributed by atoms with E-state index in [1.165, 1.54) is 18.2 Å². The van der Waals surface area contributed by atoms with Crippen LogP contribution in [-0.2, 0) is 16.6 Å². The lowest BCUT2D eigenvalue weighted by molar-refractivity contribution is 0.154. The predicted octanol–water partition coefficient (Wildman–Crippen LogP) is 1.46. The Kier molecular flexibility index (Phi) is 3.55. The van der Waals surface area contributed by atoms with Crippen LogP contribution in [0, 0.1) is 6.92 Å². The van der Waals surface area contributed by atoms with Crippen LogP contribution in [0.15, 0.2) is 47.4 Å². The number of benzene rings is 2. The Hall–Kier alpha value is -2.45. The maximum Gasteiger partial charge on any atom is 0.240 e. The fourth-order valence-electron chi connectivity index (χ4n) is 2.02. The van der Waals surface area contributed by atoms with Gasteiger partial charge in [-0.1, -0.05) is 34.7 Å². The number of hydrogen-bond acceptors (Lipinski definition) is 5. The van der Waals surface area contributed by atoms with Crippen molar-refractivity contribution in [3.8, 4) is 0 Å². The lowest BCUT2D eigenvalue weighted by Gasteiger charge is -2.07. The second-order valence-electron chi connectivity index (χ2n) is 4.94. The van der Waals surface area contributed by atoms with Gasteiger partial charge in [0.15, 0.2) is 0 Å². The van der Waals surface area contributed by atoms with Gasteiger partial charge in [-0.3, -0.25) is 0 Å². The van der Waals surface area contributed by atoms with Gasteiger partial charge >= 0.3 is 0 Å². The third-order valence-electron chi connectivity index (χ3n) is 3.30. The van der Waals surface area contributed by atoms with Gasteiger partial charge in [0.05, 0.1) is 4.90 Å². The van der Waals surface area contributed by atoms with Gasteiger partial charge in [-0.15, -0.1) is 5.10 Å². The van der Waals surface area contributed by atoms with E-state index in [4.69, 9.17) is 0 Å². The Balaban J connectivity index is 1.84. The van der Waals surface area contributed by atoms with Crippen LogP contribution in [-0.4, -0.2) is 28.8 Å². The van der Waals surface area contributed by atoms with Crippen molar-refractivity contribution >= 4 is 21.1 Å². The SMILES string of the molecule is Cc1ccc(CNS(=O)(=O)c2ccc3nnn(O)c3c2)cc1. The zero-order valence-corrected chi connectivity index (χ0v) is 12.6. The van der Waals surface area contributed by atoms with Crippen molar-refractivity contribution in [3.05, 3.63) is 53.6 Å². The largest absolute Gasteiger partial charge is 0.410 e. The van der Waals surface area contributed by atoms with E-state index >= 15 is 0 Å². The molecule has 0 atom stereocenters. The molecule has 7 nitrogen and oxygen atoms in total. The van der Waals surface area contributed by atoms with Crippen LogP contribution in [0.5, 0.6) is 0 Å². The Morgan fingerprint density at radius 2 is 1.91 bits per heavy atom. The number of nitrogens with one attached hydrogen (secondary N) is 1. The number of aryl methyl sites for hydroxylation is 1. The maximum absolute atomic E-state index is 12.3. The van der Waals surface area contributed by atoms with Crippen LogP contribution in [0.1, 0.15) is 11.1 Å². The average molecular weight is 318 g/mol. The Bertz CT molecular complexity index is 917. The summed E-state index contributed by atoms with van der Waals surface area (Å²) in [5.74, 6) is 0. The maximum atomic E-state index is 12.3.